The third kappa shape index (κ3) is 3.21. The number of piperidine rings is 3. The second-order valence-electron chi connectivity index (χ2n) is 7.46. The maximum Gasteiger partial charge on any atom is 0.248 e. The SMILES string of the molecule is COCCOCC(=O)N1C[C@H](c2ccccc2)[C@H]2[C@@H]1C1CCN2CC1. The molecule has 1 amide bonds. The number of hydrogen-bond donors (Lipinski definition) is 0. The number of methoxy groups -OCH3 is 1. The first kappa shape index (κ1) is 17.0. The number of carbonyl (C=O) groups is 1. The topological polar surface area (TPSA) is 42.0 Å². The molecule has 1 aromatic rings. The lowest BCUT2D eigenvalue weighted by molar-refractivity contribution is -0.141. The Morgan fingerprint density at radius 1 is 1.12 bits per heavy atom. The molecule has 25 heavy (non-hydrogen) atoms. The molecule has 4 heterocycles. The Morgan fingerprint density at radius 2 is 1.88 bits per heavy atom. The van der Waals surface area contributed by atoms with Crippen LogP contribution in [0.1, 0.15) is 24.3 Å². The third-order valence-electron chi connectivity index (χ3n) is 6.20. The van der Waals surface area contributed by atoms with Gasteiger partial charge in [0.1, 0.15) is 6.61 Å². The number of nitrogens with zero attached hydrogens (tertiary/aromatic N) is 2. The van der Waals surface area contributed by atoms with Gasteiger partial charge < -0.3 is 14.4 Å². The third-order valence-corrected chi connectivity index (χ3v) is 6.20. The van der Waals surface area contributed by atoms with Crippen LogP contribution in [-0.4, -0.2) is 74.4 Å². The maximum atomic E-state index is 12.9. The van der Waals surface area contributed by atoms with E-state index < -0.39 is 0 Å². The van der Waals surface area contributed by atoms with Crippen LogP contribution in [0.15, 0.2) is 30.3 Å². The Labute approximate surface area is 149 Å². The molecule has 0 aromatic heterocycles. The predicted octanol–water partition coefficient (Wildman–Crippen LogP) is 1.74. The summed E-state index contributed by atoms with van der Waals surface area (Å²) in [5.74, 6) is 1.20. The van der Waals surface area contributed by atoms with E-state index >= 15 is 0 Å². The van der Waals surface area contributed by atoms with Crippen LogP contribution in [0.3, 0.4) is 0 Å². The number of carbonyl (C=O) groups excluding carboxylic acids is 1. The van der Waals surface area contributed by atoms with Crippen LogP contribution >= 0.6 is 0 Å². The summed E-state index contributed by atoms with van der Waals surface area (Å²) >= 11 is 0. The van der Waals surface area contributed by atoms with E-state index in [1.807, 2.05) is 0 Å². The molecule has 0 aliphatic carbocycles. The van der Waals surface area contributed by atoms with Crippen molar-refractivity contribution in [2.75, 3.05) is 46.6 Å². The van der Waals surface area contributed by atoms with Gasteiger partial charge in [0.2, 0.25) is 5.91 Å². The van der Waals surface area contributed by atoms with E-state index in [0.717, 1.165) is 6.54 Å². The highest BCUT2D eigenvalue weighted by molar-refractivity contribution is 5.78. The maximum absolute atomic E-state index is 12.9. The highest BCUT2D eigenvalue weighted by Crippen LogP contribution is 2.46. The van der Waals surface area contributed by atoms with Crippen molar-refractivity contribution >= 4 is 5.91 Å². The molecule has 2 bridgehead atoms. The van der Waals surface area contributed by atoms with Crippen molar-refractivity contribution in [2.24, 2.45) is 5.92 Å². The fourth-order valence-corrected chi connectivity index (χ4v) is 5.08. The summed E-state index contributed by atoms with van der Waals surface area (Å²) in [7, 11) is 1.65. The molecule has 0 spiro atoms. The molecule has 0 radical (unpaired) electrons. The number of hydrogen-bond acceptors (Lipinski definition) is 4. The molecule has 5 nitrogen and oxygen atoms in total. The minimum atomic E-state index is 0.137. The smallest absolute Gasteiger partial charge is 0.248 e. The molecule has 1 aromatic carbocycles. The zero-order valence-electron chi connectivity index (χ0n) is 15.0. The number of benzene rings is 1. The normalized spacial score (nSPS) is 33.5. The second kappa shape index (κ2) is 7.44. The van der Waals surface area contributed by atoms with Gasteiger partial charge in [0, 0.05) is 25.6 Å². The molecule has 3 atom stereocenters. The van der Waals surface area contributed by atoms with Crippen LogP contribution in [0, 0.1) is 5.92 Å². The van der Waals surface area contributed by atoms with Gasteiger partial charge in [-0.2, -0.15) is 0 Å². The van der Waals surface area contributed by atoms with Crippen LogP contribution in [0.25, 0.3) is 0 Å². The predicted molar refractivity (Wildman–Crippen MR) is 95.5 cm³/mol. The number of fused-ring (bicyclic) bond motifs is 2. The molecule has 4 aliphatic heterocycles. The average Bonchev–Trinajstić information content (AvgIpc) is 3.10. The van der Waals surface area contributed by atoms with Crippen LogP contribution < -0.4 is 0 Å². The van der Waals surface area contributed by atoms with Crippen LogP contribution in [0.4, 0.5) is 0 Å². The van der Waals surface area contributed by atoms with E-state index in [4.69, 9.17) is 9.47 Å². The lowest BCUT2D eigenvalue weighted by Gasteiger charge is -2.51. The first-order valence-electron chi connectivity index (χ1n) is 9.44. The Kier molecular flexibility index (Phi) is 5.06. The van der Waals surface area contributed by atoms with Gasteiger partial charge in [-0.1, -0.05) is 30.3 Å². The Hall–Kier alpha value is -1.43. The quantitative estimate of drug-likeness (QED) is 0.737. The van der Waals surface area contributed by atoms with Crippen molar-refractivity contribution in [1.29, 1.82) is 0 Å². The van der Waals surface area contributed by atoms with Gasteiger partial charge in [0.15, 0.2) is 0 Å². The Bertz CT molecular complexity index is 586. The molecule has 4 saturated heterocycles. The van der Waals surface area contributed by atoms with Gasteiger partial charge in [-0.3, -0.25) is 9.69 Å². The number of likely N-dealkylation sites (tertiary alicyclic amines) is 1. The summed E-state index contributed by atoms with van der Waals surface area (Å²) in [5, 5.41) is 0. The first-order valence-corrected chi connectivity index (χ1v) is 9.44. The Balaban J connectivity index is 1.53. The van der Waals surface area contributed by atoms with Gasteiger partial charge in [-0.05, 0) is 37.4 Å². The summed E-state index contributed by atoms with van der Waals surface area (Å²) in [4.78, 5) is 17.6. The minimum absolute atomic E-state index is 0.137. The fourth-order valence-electron chi connectivity index (χ4n) is 5.08. The fraction of sp³-hybridized carbons (Fsp3) is 0.650. The summed E-state index contributed by atoms with van der Waals surface area (Å²) in [5.41, 5.74) is 1.36. The van der Waals surface area contributed by atoms with Gasteiger partial charge in [0.05, 0.1) is 19.3 Å². The Morgan fingerprint density at radius 3 is 2.60 bits per heavy atom. The van der Waals surface area contributed by atoms with Crippen molar-refractivity contribution in [3.05, 3.63) is 35.9 Å². The lowest BCUT2D eigenvalue weighted by atomic mass is 9.75. The lowest BCUT2D eigenvalue weighted by Crippen LogP contribution is -2.61. The van der Waals surface area contributed by atoms with Gasteiger partial charge in [-0.25, -0.2) is 0 Å². The molecule has 4 fully saturated rings. The summed E-state index contributed by atoms with van der Waals surface area (Å²) in [6.07, 6.45) is 2.44. The van der Waals surface area contributed by atoms with Gasteiger partial charge in [-0.15, -0.1) is 0 Å². The first-order chi connectivity index (χ1) is 12.3. The van der Waals surface area contributed by atoms with E-state index in [1.165, 1.54) is 31.5 Å². The van der Waals surface area contributed by atoms with Crippen LogP contribution in [0.5, 0.6) is 0 Å². The summed E-state index contributed by atoms with van der Waals surface area (Å²) in [6.45, 7) is 4.35. The highest BCUT2D eigenvalue weighted by Gasteiger charge is 2.54. The molecule has 0 N–H and O–H groups in total. The zero-order valence-corrected chi connectivity index (χ0v) is 15.0. The second-order valence-corrected chi connectivity index (χ2v) is 7.46. The van der Waals surface area contributed by atoms with E-state index in [9.17, 15) is 4.79 Å². The minimum Gasteiger partial charge on any atom is -0.382 e. The van der Waals surface area contributed by atoms with Crippen molar-refractivity contribution in [3.8, 4) is 0 Å². The molecule has 5 heteroatoms. The molecule has 5 rings (SSSR count). The molecular formula is C20H28N2O3. The molecule has 0 unspecified atom stereocenters. The number of rotatable bonds is 6. The van der Waals surface area contributed by atoms with Crippen molar-refractivity contribution in [1.82, 2.24) is 9.80 Å². The van der Waals surface area contributed by atoms with E-state index in [2.05, 4.69) is 40.1 Å². The molecule has 4 aliphatic rings. The van der Waals surface area contributed by atoms with Crippen molar-refractivity contribution in [2.45, 2.75) is 30.8 Å². The van der Waals surface area contributed by atoms with Crippen molar-refractivity contribution < 1.29 is 14.3 Å². The average molecular weight is 344 g/mol. The van der Waals surface area contributed by atoms with Gasteiger partial charge in [0.25, 0.3) is 0 Å². The monoisotopic (exact) mass is 344 g/mol. The van der Waals surface area contributed by atoms with Crippen LogP contribution in [0.2, 0.25) is 0 Å². The summed E-state index contributed by atoms with van der Waals surface area (Å²) in [6, 6.07) is 11.5. The molecular weight excluding hydrogens is 316 g/mol. The van der Waals surface area contributed by atoms with Gasteiger partial charge >= 0.3 is 0 Å². The van der Waals surface area contributed by atoms with E-state index in [0.29, 0.717) is 37.1 Å². The van der Waals surface area contributed by atoms with E-state index in [-0.39, 0.29) is 12.5 Å². The zero-order chi connectivity index (χ0) is 17.2. The molecule has 136 valence electrons. The molecule has 0 saturated carbocycles. The number of ether oxygens (including phenoxy) is 2. The highest BCUT2D eigenvalue weighted by atomic mass is 16.5. The van der Waals surface area contributed by atoms with Crippen LogP contribution in [-0.2, 0) is 14.3 Å². The van der Waals surface area contributed by atoms with E-state index in [1.54, 1.807) is 7.11 Å². The summed E-state index contributed by atoms with van der Waals surface area (Å²) < 4.78 is 10.5. The van der Waals surface area contributed by atoms with Crippen molar-refractivity contribution in [3.63, 3.8) is 0 Å². The largest absolute Gasteiger partial charge is 0.382 e. The number of amides is 1. The standard InChI is InChI=1S/C20H28N2O3/c1-24-11-12-25-14-18(23)22-13-17(15-5-3-2-4-6-15)20-19(22)16-7-9-21(20)10-8-16/h2-6,16-17,19-20H,7-14H2,1H3/t17-,19+,20+/m1/s1.